The van der Waals surface area contributed by atoms with E-state index in [0.717, 1.165) is 4.90 Å². The van der Waals surface area contributed by atoms with E-state index in [0.29, 0.717) is 47.4 Å². The Morgan fingerprint density at radius 1 is 1.09 bits per heavy atom. The Balaban J connectivity index is 1.68. The van der Waals surface area contributed by atoms with E-state index in [2.05, 4.69) is 18.8 Å². The van der Waals surface area contributed by atoms with Crippen LogP contribution in [0.3, 0.4) is 0 Å². The third kappa shape index (κ3) is 7.07. The average Bonchev–Trinajstić information content (AvgIpc) is 3.25. The number of ether oxygens (including phenoxy) is 2. The molecular formula is C36H42Cl2FNO6S. The Morgan fingerprint density at radius 2 is 1.66 bits per heavy atom. The van der Waals surface area contributed by atoms with Gasteiger partial charge in [0.15, 0.2) is 5.72 Å². The zero-order chi connectivity index (χ0) is 34.3. The summed E-state index contributed by atoms with van der Waals surface area (Å²) in [5.74, 6) is -2.67. The highest BCUT2D eigenvalue weighted by Gasteiger charge is 2.57. The molecule has 254 valence electrons. The van der Waals surface area contributed by atoms with Gasteiger partial charge in [0.25, 0.3) is 5.91 Å². The summed E-state index contributed by atoms with van der Waals surface area (Å²) in [6.07, 6.45) is 7.49. The number of amides is 1. The van der Waals surface area contributed by atoms with Gasteiger partial charge >= 0.3 is 5.97 Å². The van der Waals surface area contributed by atoms with Gasteiger partial charge in [0.05, 0.1) is 35.3 Å². The maximum Gasteiger partial charge on any atom is 0.311 e. The Morgan fingerprint density at radius 3 is 2.23 bits per heavy atom. The number of nitrogens with zero attached hydrogens (tertiary/aromatic N) is 1. The fourth-order valence-electron chi connectivity index (χ4n) is 6.58. The molecule has 2 N–H and O–H groups in total. The molecule has 0 saturated carbocycles. The van der Waals surface area contributed by atoms with Crippen molar-refractivity contribution >= 4 is 45.1 Å². The van der Waals surface area contributed by atoms with E-state index in [1.54, 1.807) is 50.2 Å². The van der Waals surface area contributed by atoms with Gasteiger partial charge in [-0.2, -0.15) is 0 Å². The van der Waals surface area contributed by atoms with Crippen molar-refractivity contribution in [3.63, 3.8) is 0 Å². The minimum Gasteiger partial charge on any atom is -0.465 e. The number of hydrogen-bond acceptors (Lipinski definition) is 6. The summed E-state index contributed by atoms with van der Waals surface area (Å²) >= 11 is 12.4. The standard InChI is InChI=1S/C36H42Cl2FNO6S/c1-22(34(42)46-18-19-47(3,4)5)32(23-6-10-27(37)11-7-23)40-33(41)29-20-26(35(2,43)24-14-16-45-17-15-24)21-30(39)31(29)36(40,44)25-8-12-28(38)13-9-25/h6-13,20-22,24,32,43-44H,14-19H2,1-5H3/t22-,32-,35-,36+/m0/s1. The molecule has 7 nitrogen and oxygen atoms in total. The summed E-state index contributed by atoms with van der Waals surface area (Å²) in [5, 5.41) is 25.4. The minimum absolute atomic E-state index is 0.111. The first-order valence-corrected chi connectivity index (χ1v) is 19.4. The maximum atomic E-state index is 16.6. The molecule has 1 saturated heterocycles. The molecule has 2 aliphatic heterocycles. The molecule has 0 aliphatic carbocycles. The molecule has 3 aromatic carbocycles. The van der Waals surface area contributed by atoms with Crippen molar-refractivity contribution in [1.82, 2.24) is 4.90 Å². The quantitative estimate of drug-likeness (QED) is 0.220. The van der Waals surface area contributed by atoms with Crippen molar-refractivity contribution in [3.05, 3.63) is 104 Å². The van der Waals surface area contributed by atoms with Crippen LogP contribution in [0.4, 0.5) is 4.39 Å². The predicted octanol–water partition coefficient (Wildman–Crippen LogP) is 7.03. The molecule has 11 heteroatoms. The highest BCUT2D eigenvalue weighted by molar-refractivity contribution is 8.32. The first-order valence-electron chi connectivity index (χ1n) is 15.6. The zero-order valence-corrected chi connectivity index (χ0v) is 29.6. The maximum absolute atomic E-state index is 16.6. The van der Waals surface area contributed by atoms with Crippen LogP contribution in [0.1, 0.15) is 65.3 Å². The van der Waals surface area contributed by atoms with Gasteiger partial charge < -0.3 is 19.7 Å². The molecule has 0 aromatic heterocycles. The van der Waals surface area contributed by atoms with E-state index in [1.165, 1.54) is 24.3 Å². The van der Waals surface area contributed by atoms with E-state index in [4.69, 9.17) is 32.7 Å². The van der Waals surface area contributed by atoms with E-state index >= 15 is 4.39 Å². The van der Waals surface area contributed by atoms with Gasteiger partial charge in [-0.15, -0.1) is 0 Å². The van der Waals surface area contributed by atoms with Crippen LogP contribution in [-0.4, -0.2) is 71.3 Å². The van der Waals surface area contributed by atoms with E-state index in [-0.39, 0.29) is 34.8 Å². The molecule has 2 heterocycles. The fourth-order valence-corrected chi connectivity index (χ4v) is 7.42. The number of carbonyl (C=O) groups is 2. The van der Waals surface area contributed by atoms with E-state index in [1.807, 2.05) is 0 Å². The van der Waals surface area contributed by atoms with Crippen molar-refractivity contribution in [1.29, 1.82) is 0 Å². The van der Waals surface area contributed by atoms with Crippen LogP contribution >= 0.6 is 33.2 Å². The van der Waals surface area contributed by atoms with Crippen molar-refractivity contribution in [3.8, 4) is 0 Å². The van der Waals surface area contributed by atoms with Crippen LogP contribution in [0.5, 0.6) is 0 Å². The Hall–Kier alpha value is -2.66. The van der Waals surface area contributed by atoms with E-state index in [9.17, 15) is 19.8 Å². The summed E-state index contributed by atoms with van der Waals surface area (Å²) in [6, 6.07) is 14.3. The van der Waals surface area contributed by atoms with E-state index < -0.39 is 51.0 Å². The molecule has 0 bridgehead atoms. The Labute approximate surface area is 287 Å². The van der Waals surface area contributed by atoms with Crippen molar-refractivity contribution < 1.29 is 33.7 Å². The van der Waals surface area contributed by atoms with Crippen molar-refractivity contribution in [2.45, 2.75) is 44.1 Å². The lowest BCUT2D eigenvalue weighted by Crippen LogP contribution is -2.50. The number of hydrogen-bond donors (Lipinski definition) is 2. The molecule has 1 amide bonds. The van der Waals surface area contributed by atoms with Crippen LogP contribution in [0.2, 0.25) is 10.0 Å². The third-order valence-electron chi connectivity index (χ3n) is 9.36. The third-order valence-corrected chi connectivity index (χ3v) is 11.3. The van der Waals surface area contributed by atoms with Gasteiger partial charge in [-0.25, -0.2) is 14.4 Å². The monoisotopic (exact) mass is 705 g/mol. The second kappa shape index (κ2) is 13.7. The highest BCUT2D eigenvalue weighted by Crippen LogP contribution is 2.51. The predicted molar refractivity (Wildman–Crippen MR) is 185 cm³/mol. The summed E-state index contributed by atoms with van der Waals surface area (Å²) in [6.45, 7) is 4.36. The van der Waals surface area contributed by atoms with Crippen molar-refractivity contribution in [2.24, 2.45) is 11.8 Å². The minimum atomic E-state index is -2.36. The number of esters is 1. The summed E-state index contributed by atoms with van der Waals surface area (Å²) in [7, 11) is -0.947. The molecule has 4 atom stereocenters. The number of aliphatic hydroxyl groups is 2. The lowest BCUT2D eigenvalue weighted by molar-refractivity contribution is -0.153. The lowest BCUT2D eigenvalue weighted by Gasteiger charge is -2.42. The Kier molecular flexibility index (Phi) is 10.4. The summed E-state index contributed by atoms with van der Waals surface area (Å²) in [4.78, 5) is 29.5. The second-order valence-electron chi connectivity index (χ2n) is 13.5. The number of halogens is 3. The van der Waals surface area contributed by atoms with Gasteiger partial charge in [-0.1, -0.05) is 47.5 Å². The molecule has 0 radical (unpaired) electrons. The fraction of sp³-hybridized carbons (Fsp3) is 0.444. The summed E-state index contributed by atoms with van der Waals surface area (Å²) < 4.78 is 27.8. The molecule has 3 aromatic rings. The molecule has 2 aliphatic rings. The van der Waals surface area contributed by atoms with Crippen LogP contribution in [-0.2, 0) is 25.6 Å². The average molecular weight is 707 g/mol. The topological polar surface area (TPSA) is 96.3 Å². The number of carbonyl (C=O) groups excluding carboxylic acids is 2. The smallest absolute Gasteiger partial charge is 0.311 e. The number of fused-ring (bicyclic) bond motifs is 1. The van der Waals surface area contributed by atoms with Gasteiger partial charge in [0, 0.05) is 34.6 Å². The largest absolute Gasteiger partial charge is 0.465 e. The van der Waals surface area contributed by atoms with Crippen LogP contribution in [0.25, 0.3) is 0 Å². The summed E-state index contributed by atoms with van der Waals surface area (Å²) in [5.41, 5.74) is -3.34. The first-order chi connectivity index (χ1) is 22.1. The van der Waals surface area contributed by atoms with Gasteiger partial charge in [-0.05, 0) is 98.9 Å². The van der Waals surface area contributed by atoms with Gasteiger partial charge in [0.1, 0.15) is 5.82 Å². The molecule has 0 unspecified atom stereocenters. The number of rotatable bonds is 10. The molecule has 0 spiro atoms. The molecular weight excluding hydrogens is 664 g/mol. The van der Waals surface area contributed by atoms with Crippen LogP contribution in [0, 0.1) is 17.7 Å². The molecule has 5 rings (SSSR count). The van der Waals surface area contributed by atoms with Gasteiger partial charge in [-0.3, -0.25) is 14.5 Å². The van der Waals surface area contributed by atoms with Crippen molar-refractivity contribution in [2.75, 3.05) is 44.3 Å². The lowest BCUT2D eigenvalue weighted by atomic mass is 9.77. The SMILES string of the molecule is C[C@H](C(=O)OCCS(C)(C)C)[C@@H](c1ccc(Cl)cc1)N1C(=O)c2cc([C@@](C)(O)C3CCOCC3)cc(F)c2[C@]1(O)c1ccc(Cl)cc1. The van der Waals surface area contributed by atoms with Crippen LogP contribution in [0.15, 0.2) is 60.7 Å². The molecule has 1 fully saturated rings. The normalized spacial score (nSPS) is 21.6. The number of benzene rings is 3. The second-order valence-corrected chi connectivity index (χ2v) is 19.0. The first kappa shape index (κ1) is 35.6. The molecule has 47 heavy (non-hydrogen) atoms. The zero-order valence-electron chi connectivity index (χ0n) is 27.3. The van der Waals surface area contributed by atoms with Gasteiger partial charge in [0.2, 0.25) is 0 Å². The van der Waals surface area contributed by atoms with Crippen LogP contribution < -0.4 is 0 Å². The Bertz CT molecular complexity index is 1620. The highest BCUT2D eigenvalue weighted by atomic mass is 35.5.